The molecule has 0 radical (unpaired) electrons. The second kappa shape index (κ2) is 8.62. The molecule has 0 saturated heterocycles. The maximum Gasteiger partial charge on any atom is 0.293 e. The maximum atomic E-state index is 12.6. The predicted octanol–water partition coefficient (Wildman–Crippen LogP) is 3.96. The van der Waals surface area contributed by atoms with E-state index >= 15 is 0 Å². The summed E-state index contributed by atoms with van der Waals surface area (Å²) in [6.45, 7) is 0. The van der Waals surface area contributed by atoms with E-state index in [2.05, 4.69) is 15.4 Å². The van der Waals surface area contributed by atoms with Crippen LogP contribution in [0.15, 0.2) is 72.8 Å². The first-order valence-electron chi connectivity index (χ1n) is 8.71. The summed E-state index contributed by atoms with van der Waals surface area (Å²) in [6, 6.07) is 19.2. The molecule has 30 heavy (non-hydrogen) atoms. The highest BCUT2D eigenvalue weighted by Crippen LogP contribution is 2.29. The minimum absolute atomic E-state index is 0.0850. The topological polar surface area (TPSA) is 130 Å². The average molecular weight is 426 g/mol. The SMILES string of the molecule is CS(=O)(=O)Nc1cccc(NC(=O)c2ccc(Nc3ccccc3)c([N+](=O)[O-])c2)c1. The second-order valence-electron chi connectivity index (χ2n) is 6.39. The van der Waals surface area contributed by atoms with Crippen LogP contribution in [0.3, 0.4) is 0 Å². The molecule has 3 rings (SSSR count). The molecule has 1 amide bonds. The Hall–Kier alpha value is -3.92. The van der Waals surface area contributed by atoms with E-state index < -0.39 is 20.9 Å². The summed E-state index contributed by atoms with van der Waals surface area (Å²) in [6.07, 6.45) is 1.02. The minimum Gasteiger partial charge on any atom is -0.350 e. The first-order chi connectivity index (χ1) is 14.2. The van der Waals surface area contributed by atoms with Crippen LogP contribution in [0.2, 0.25) is 0 Å². The lowest BCUT2D eigenvalue weighted by Crippen LogP contribution is -2.13. The molecule has 154 valence electrons. The Morgan fingerprint density at radius 3 is 2.23 bits per heavy atom. The van der Waals surface area contributed by atoms with Gasteiger partial charge in [-0.25, -0.2) is 8.42 Å². The zero-order valence-electron chi connectivity index (χ0n) is 15.8. The van der Waals surface area contributed by atoms with Crippen molar-refractivity contribution < 1.29 is 18.1 Å². The second-order valence-corrected chi connectivity index (χ2v) is 8.14. The lowest BCUT2D eigenvalue weighted by atomic mass is 10.1. The van der Waals surface area contributed by atoms with Gasteiger partial charge in [-0.15, -0.1) is 0 Å². The Kier molecular flexibility index (Phi) is 5.98. The van der Waals surface area contributed by atoms with Crippen LogP contribution >= 0.6 is 0 Å². The largest absolute Gasteiger partial charge is 0.350 e. The van der Waals surface area contributed by atoms with Gasteiger partial charge < -0.3 is 10.6 Å². The van der Waals surface area contributed by atoms with E-state index in [1.54, 1.807) is 36.4 Å². The molecule has 0 bridgehead atoms. The van der Waals surface area contributed by atoms with Crippen molar-refractivity contribution in [3.8, 4) is 0 Å². The van der Waals surface area contributed by atoms with Crippen LogP contribution in [0.25, 0.3) is 0 Å². The monoisotopic (exact) mass is 426 g/mol. The van der Waals surface area contributed by atoms with E-state index in [1.165, 1.54) is 30.3 Å². The van der Waals surface area contributed by atoms with Crippen LogP contribution in [0.1, 0.15) is 10.4 Å². The summed E-state index contributed by atoms with van der Waals surface area (Å²) in [5.74, 6) is -0.569. The number of nitrogens with zero attached hydrogens (tertiary/aromatic N) is 1. The molecule has 0 unspecified atom stereocenters. The van der Waals surface area contributed by atoms with Gasteiger partial charge in [-0.3, -0.25) is 19.6 Å². The van der Waals surface area contributed by atoms with Crippen LogP contribution in [-0.2, 0) is 10.0 Å². The lowest BCUT2D eigenvalue weighted by molar-refractivity contribution is -0.383. The number of carbonyl (C=O) groups excluding carboxylic acids is 1. The number of hydrogen-bond acceptors (Lipinski definition) is 6. The molecule has 0 heterocycles. The molecule has 0 aliphatic carbocycles. The first kappa shape index (κ1) is 20.8. The van der Waals surface area contributed by atoms with Crippen molar-refractivity contribution >= 4 is 44.4 Å². The number of nitro benzene ring substituents is 1. The van der Waals surface area contributed by atoms with Gasteiger partial charge in [0, 0.05) is 23.0 Å². The summed E-state index contributed by atoms with van der Waals surface area (Å²) in [7, 11) is -3.46. The van der Waals surface area contributed by atoms with Gasteiger partial charge in [0.25, 0.3) is 11.6 Å². The Morgan fingerprint density at radius 2 is 1.57 bits per heavy atom. The van der Waals surface area contributed by atoms with Crippen LogP contribution in [0.4, 0.5) is 28.4 Å². The molecule has 0 spiro atoms. The van der Waals surface area contributed by atoms with Crippen LogP contribution in [-0.4, -0.2) is 25.5 Å². The van der Waals surface area contributed by atoms with Crippen molar-refractivity contribution in [2.75, 3.05) is 21.6 Å². The molecule has 0 atom stereocenters. The van der Waals surface area contributed by atoms with Gasteiger partial charge in [-0.05, 0) is 42.5 Å². The van der Waals surface area contributed by atoms with Crippen LogP contribution < -0.4 is 15.4 Å². The number of amides is 1. The Bertz CT molecular complexity index is 1200. The van der Waals surface area contributed by atoms with Gasteiger partial charge in [-0.2, -0.15) is 0 Å². The fourth-order valence-electron chi connectivity index (χ4n) is 2.68. The van der Waals surface area contributed by atoms with Crippen LogP contribution in [0, 0.1) is 10.1 Å². The number of hydrogen-bond donors (Lipinski definition) is 3. The number of anilines is 4. The predicted molar refractivity (Wildman–Crippen MR) is 116 cm³/mol. The van der Waals surface area contributed by atoms with Gasteiger partial charge in [0.2, 0.25) is 10.0 Å². The van der Waals surface area contributed by atoms with Crippen molar-refractivity contribution in [1.82, 2.24) is 0 Å². The molecule has 0 saturated carbocycles. The Labute approximate surface area is 173 Å². The number of benzene rings is 3. The third-order valence-electron chi connectivity index (χ3n) is 3.93. The number of para-hydroxylation sites is 1. The van der Waals surface area contributed by atoms with E-state index in [0.717, 1.165) is 6.26 Å². The maximum absolute atomic E-state index is 12.6. The molecule has 9 nitrogen and oxygen atoms in total. The van der Waals surface area contributed by atoms with E-state index in [0.29, 0.717) is 11.4 Å². The van der Waals surface area contributed by atoms with E-state index in [4.69, 9.17) is 0 Å². The highest BCUT2D eigenvalue weighted by atomic mass is 32.2. The van der Waals surface area contributed by atoms with Crippen molar-refractivity contribution in [3.63, 3.8) is 0 Å². The summed E-state index contributed by atoms with van der Waals surface area (Å²) in [5.41, 5.74) is 1.38. The highest BCUT2D eigenvalue weighted by Gasteiger charge is 2.18. The van der Waals surface area contributed by atoms with Gasteiger partial charge in [0.05, 0.1) is 16.9 Å². The number of nitro groups is 1. The number of carbonyl (C=O) groups is 1. The summed E-state index contributed by atoms with van der Waals surface area (Å²) < 4.78 is 25.0. The number of rotatable bonds is 7. The standard InChI is InChI=1S/C20H18N4O5S/c1-30(28,29)23-17-9-5-8-16(13-17)22-20(25)14-10-11-18(19(12-14)24(26)27)21-15-6-3-2-4-7-15/h2-13,21,23H,1H3,(H,22,25). The smallest absolute Gasteiger partial charge is 0.293 e. The molecular weight excluding hydrogens is 408 g/mol. The molecular formula is C20H18N4O5S. The number of sulfonamides is 1. The lowest BCUT2D eigenvalue weighted by Gasteiger charge is -2.10. The average Bonchev–Trinajstić information content (AvgIpc) is 2.68. The van der Waals surface area contributed by atoms with Crippen molar-refractivity contribution in [1.29, 1.82) is 0 Å². The van der Waals surface area contributed by atoms with Crippen molar-refractivity contribution in [2.45, 2.75) is 0 Å². The van der Waals surface area contributed by atoms with E-state index in [1.807, 2.05) is 6.07 Å². The first-order valence-corrected chi connectivity index (χ1v) is 10.6. The van der Waals surface area contributed by atoms with Crippen LogP contribution in [0.5, 0.6) is 0 Å². The molecule has 0 fully saturated rings. The summed E-state index contributed by atoms with van der Waals surface area (Å²) in [5, 5.41) is 17.1. The normalized spacial score (nSPS) is 10.8. The van der Waals surface area contributed by atoms with Crippen molar-refractivity contribution in [3.05, 3.63) is 88.5 Å². The number of nitrogens with one attached hydrogen (secondary N) is 3. The fourth-order valence-corrected chi connectivity index (χ4v) is 3.24. The van der Waals surface area contributed by atoms with E-state index in [-0.39, 0.29) is 22.6 Å². The molecule has 3 N–H and O–H groups in total. The third-order valence-corrected chi connectivity index (χ3v) is 4.54. The molecule has 3 aromatic carbocycles. The zero-order chi connectivity index (χ0) is 21.7. The third kappa shape index (κ3) is 5.55. The fraction of sp³-hybridized carbons (Fsp3) is 0.0500. The van der Waals surface area contributed by atoms with E-state index in [9.17, 15) is 23.3 Å². The summed E-state index contributed by atoms with van der Waals surface area (Å²) >= 11 is 0. The Morgan fingerprint density at radius 1 is 0.900 bits per heavy atom. The van der Waals surface area contributed by atoms with Crippen molar-refractivity contribution in [2.24, 2.45) is 0 Å². The molecule has 10 heteroatoms. The van der Waals surface area contributed by atoms with Gasteiger partial charge in [0.1, 0.15) is 5.69 Å². The zero-order valence-corrected chi connectivity index (χ0v) is 16.6. The van der Waals surface area contributed by atoms with Gasteiger partial charge in [-0.1, -0.05) is 24.3 Å². The molecule has 3 aromatic rings. The molecule has 0 aromatic heterocycles. The highest BCUT2D eigenvalue weighted by molar-refractivity contribution is 7.92. The summed E-state index contributed by atoms with van der Waals surface area (Å²) in [4.78, 5) is 23.5. The minimum atomic E-state index is -3.46. The van der Waals surface area contributed by atoms with Gasteiger partial charge >= 0.3 is 0 Å². The Balaban J connectivity index is 1.82. The molecule has 0 aliphatic rings. The van der Waals surface area contributed by atoms with Gasteiger partial charge in [0.15, 0.2) is 0 Å². The molecule has 0 aliphatic heterocycles. The quantitative estimate of drug-likeness (QED) is 0.387.